The summed E-state index contributed by atoms with van der Waals surface area (Å²) < 4.78 is 0. The first kappa shape index (κ1) is 14.9. The van der Waals surface area contributed by atoms with E-state index >= 15 is 0 Å². The Morgan fingerprint density at radius 3 is 2.71 bits per heavy atom. The summed E-state index contributed by atoms with van der Waals surface area (Å²) in [6.07, 6.45) is 0. The fraction of sp³-hybridized carbons (Fsp3) is 0.286. The summed E-state index contributed by atoms with van der Waals surface area (Å²) >= 11 is 0. The Hall–Kier alpha value is -2.54. The lowest BCUT2D eigenvalue weighted by atomic mass is 10.1. The normalized spacial score (nSPS) is 13.5. The summed E-state index contributed by atoms with van der Waals surface area (Å²) in [7, 11) is 0. The molecule has 7 heteroatoms. The second-order valence-electron chi connectivity index (χ2n) is 4.68. The molecule has 2 rings (SSSR count). The molecule has 1 aliphatic rings. The first-order valence-electron chi connectivity index (χ1n) is 6.48. The number of carbonyl (C=O) groups excluding carboxylic acids is 2. The molecule has 0 aliphatic carbocycles. The largest absolute Gasteiger partial charge is 0.313 e. The summed E-state index contributed by atoms with van der Waals surface area (Å²) in [4.78, 5) is 35.8. The lowest BCUT2D eigenvalue weighted by Gasteiger charge is -2.15. The second kappa shape index (κ2) is 5.84. The van der Waals surface area contributed by atoms with Crippen LogP contribution in [-0.4, -0.2) is 41.3 Å². The third-order valence-electron chi connectivity index (χ3n) is 3.18. The summed E-state index contributed by atoms with van der Waals surface area (Å²) in [6.45, 7) is 7.00. The van der Waals surface area contributed by atoms with Gasteiger partial charge in [-0.3, -0.25) is 24.6 Å². The molecule has 0 fully saturated rings. The summed E-state index contributed by atoms with van der Waals surface area (Å²) in [5.74, 6) is -1.16. The minimum Gasteiger partial charge on any atom is -0.313 e. The fourth-order valence-electron chi connectivity index (χ4n) is 2.19. The van der Waals surface area contributed by atoms with E-state index in [0.29, 0.717) is 12.1 Å². The topological polar surface area (TPSA) is 92.6 Å². The first-order chi connectivity index (χ1) is 9.97. The number of likely N-dealkylation sites (N-methyl/N-ethyl adjacent to an activating group) is 1. The minimum atomic E-state index is -0.652. The highest BCUT2D eigenvalue weighted by Crippen LogP contribution is 2.30. The van der Waals surface area contributed by atoms with Crippen molar-refractivity contribution in [1.82, 2.24) is 10.2 Å². The van der Waals surface area contributed by atoms with Gasteiger partial charge in [0, 0.05) is 12.6 Å². The highest BCUT2D eigenvalue weighted by atomic mass is 16.6. The molecular formula is C14H15N3O4. The molecule has 2 amide bonds. The zero-order valence-electron chi connectivity index (χ0n) is 11.6. The van der Waals surface area contributed by atoms with Gasteiger partial charge in [0.25, 0.3) is 17.5 Å². The maximum atomic E-state index is 12.3. The number of nitro benzene ring substituents is 1. The molecule has 1 aliphatic heterocycles. The third-order valence-corrected chi connectivity index (χ3v) is 3.18. The molecule has 1 N–H and O–H groups in total. The van der Waals surface area contributed by atoms with Gasteiger partial charge in [-0.2, -0.15) is 0 Å². The standard InChI is InChI=1S/C14H15N3O4/c1-3-15-7-9(2)8-16-13(18)10-5-4-6-11(17(20)21)12(10)14(16)19/h4-6,15H,2-3,7-8H2,1H3. The number of benzene rings is 1. The van der Waals surface area contributed by atoms with Gasteiger partial charge in [0.1, 0.15) is 5.56 Å². The van der Waals surface area contributed by atoms with Crippen molar-refractivity contribution in [3.05, 3.63) is 51.6 Å². The Kier molecular flexibility index (Phi) is 4.13. The smallest absolute Gasteiger partial charge is 0.282 e. The number of fused-ring (bicyclic) bond motifs is 1. The van der Waals surface area contributed by atoms with Crippen LogP contribution < -0.4 is 5.32 Å². The average Bonchev–Trinajstić information content (AvgIpc) is 2.70. The molecule has 7 nitrogen and oxygen atoms in total. The lowest BCUT2D eigenvalue weighted by Crippen LogP contribution is -2.33. The van der Waals surface area contributed by atoms with Gasteiger partial charge in [0.2, 0.25) is 0 Å². The van der Waals surface area contributed by atoms with Crippen LogP contribution in [0, 0.1) is 10.1 Å². The number of nitrogens with zero attached hydrogens (tertiary/aromatic N) is 2. The van der Waals surface area contributed by atoms with Crippen LogP contribution in [0.4, 0.5) is 5.69 Å². The van der Waals surface area contributed by atoms with Gasteiger partial charge in [-0.15, -0.1) is 0 Å². The molecule has 0 unspecified atom stereocenters. The van der Waals surface area contributed by atoms with Crippen LogP contribution in [-0.2, 0) is 0 Å². The number of imide groups is 1. The molecular weight excluding hydrogens is 274 g/mol. The summed E-state index contributed by atoms with van der Waals surface area (Å²) in [5, 5.41) is 14.0. The number of nitrogens with one attached hydrogen (secondary N) is 1. The molecule has 0 bridgehead atoms. The van der Waals surface area contributed by atoms with E-state index in [-0.39, 0.29) is 23.4 Å². The zero-order valence-corrected chi connectivity index (χ0v) is 11.6. The Morgan fingerprint density at radius 1 is 1.38 bits per heavy atom. The second-order valence-corrected chi connectivity index (χ2v) is 4.68. The van der Waals surface area contributed by atoms with Crippen molar-refractivity contribution in [3.63, 3.8) is 0 Å². The average molecular weight is 289 g/mol. The van der Waals surface area contributed by atoms with E-state index < -0.39 is 16.7 Å². The van der Waals surface area contributed by atoms with Crippen LogP contribution >= 0.6 is 0 Å². The molecule has 0 radical (unpaired) electrons. The number of carbonyl (C=O) groups is 2. The van der Waals surface area contributed by atoms with E-state index in [1.165, 1.54) is 18.2 Å². The molecule has 1 heterocycles. The van der Waals surface area contributed by atoms with Crippen LogP contribution in [0.25, 0.3) is 0 Å². The van der Waals surface area contributed by atoms with Crippen LogP contribution in [0.2, 0.25) is 0 Å². The molecule has 110 valence electrons. The fourth-order valence-corrected chi connectivity index (χ4v) is 2.19. The molecule has 21 heavy (non-hydrogen) atoms. The highest BCUT2D eigenvalue weighted by molar-refractivity contribution is 6.23. The Morgan fingerprint density at radius 2 is 2.10 bits per heavy atom. The monoisotopic (exact) mass is 289 g/mol. The molecule has 1 aromatic rings. The van der Waals surface area contributed by atoms with Crippen LogP contribution in [0.15, 0.2) is 30.4 Å². The van der Waals surface area contributed by atoms with E-state index in [1.54, 1.807) is 0 Å². The number of amides is 2. The van der Waals surface area contributed by atoms with Crippen molar-refractivity contribution < 1.29 is 14.5 Å². The maximum Gasteiger partial charge on any atom is 0.282 e. The van der Waals surface area contributed by atoms with Gasteiger partial charge in [0.15, 0.2) is 0 Å². The predicted octanol–water partition coefficient (Wildman–Crippen LogP) is 1.36. The summed E-state index contributed by atoms with van der Waals surface area (Å²) in [5.41, 5.74) is 0.258. The number of hydrogen-bond donors (Lipinski definition) is 1. The van der Waals surface area contributed by atoms with Crippen LogP contribution in [0.3, 0.4) is 0 Å². The Bertz CT molecular complexity index is 639. The van der Waals surface area contributed by atoms with Gasteiger partial charge in [-0.25, -0.2) is 0 Å². The van der Waals surface area contributed by atoms with Gasteiger partial charge in [-0.05, 0) is 18.2 Å². The predicted molar refractivity (Wildman–Crippen MR) is 76.1 cm³/mol. The van der Waals surface area contributed by atoms with E-state index in [1.807, 2.05) is 6.92 Å². The molecule has 0 saturated heterocycles. The zero-order chi connectivity index (χ0) is 15.6. The quantitative estimate of drug-likeness (QED) is 0.369. The molecule has 0 atom stereocenters. The van der Waals surface area contributed by atoms with Gasteiger partial charge in [-0.1, -0.05) is 19.6 Å². The minimum absolute atomic E-state index is 0.0521. The lowest BCUT2D eigenvalue weighted by molar-refractivity contribution is -0.385. The van der Waals surface area contributed by atoms with Gasteiger partial charge < -0.3 is 5.32 Å². The van der Waals surface area contributed by atoms with Gasteiger partial charge >= 0.3 is 0 Å². The molecule has 0 saturated carbocycles. The van der Waals surface area contributed by atoms with Crippen molar-refractivity contribution in [3.8, 4) is 0 Å². The van der Waals surface area contributed by atoms with Crippen molar-refractivity contribution in [1.29, 1.82) is 0 Å². The number of nitro groups is 1. The molecule has 0 spiro atoms. The van der Waals surface area contributed by atoms with E-state index in [2.05, 4.69) is 11.9 Å². The molecule has 1 aromatic carbocycles. The maximum absolute atomic E-state index is 12.3. The summed E-state index contributed by atoms with van der Waals surface area (Å²) in [6, 6.07) is 4.05. The third kappa shape index (κ3) is 2.68. The first-order valence-corrected chi connectivity index (χ1v) is 6.48. The van der Waals surface area contributed by atoms with E-state index in [4.69, 9.17) is 0 Å². The van der Waals surface area contributed by atoms with Crippen molar-refractivity contribution in [2.24, 2.45) is 0 Å². The van der Waals surface area contributed by atoms with Gasteiger partial charge in [0.05, 0.1) is 17.0 Å². The van der Waals surface area contributed by atoms with E-state index in [0.717, 1.165) is 11.4 Å². The van der Waals surface area contributed by atoms with E-state index in [9.17, 15) is 19.7 Å². The van der Waals surface area contributed by atoms with Crippen molar-refractivity contribution in [2.45, 2.75) is 6.92 Å². The Balaban J connectivity index is 2.28. The van der Waals surface area contributed by atoms with Crippen LogP contribution in [0.1, 0.15) is 27.6 Å². The van der Waals surface area contributed by atoms with Crippen LogP contribution in [0.5, 0.6) is 0 Å². The van der Waals surface area contributed by atoms with Crippen molar-refractivity contribution in [2.75, 3.05) is 19.6 Å². The molecule has 0 aromatic heterocycles. The highest BCUT2D eigenvalue weighted by Gasteiger charge is 2.40. The SMILES string of the molecule is C=C(CNCC)CN1C(=O)c2cccc([N+](=O)[O-])c2C1=O. The Labute approximate surface area is 121 Å². The number of hydrogen-bond acceptors (Lipinski definition) is 5. The van der Waals surface area contributed by atoms with Crippen molar-refractivity contribution >= 4 is 17.5 Å². The number of rotatable bonds is 6.